The molecule has 1 atom stereocenters. The first-order chi connectivity index (χ1) is 11.4. The quantitative estimate of drug-likeness (QED) is 0.347. The fourth-order valence-electron chi connectivity index (χ4n) is 3.02. The van der Waals surface area contributed by atoms with Crippen LogP contribution in [0.4, 0.5) is 0 Å². The van der Waals surface area contributed by atoms with Gasteiger partial charge in [0.1, 0.15) is 12.4 Å². The Balaban J connectivity index is 1.78. The van der Waals surface area contributed by atoms with Crippen molar-refractivity contribution in [1.29, 1.82) is 10.8 Å². The summed E-state index contributed by atoms with van der Waals surface area (Å²) in [5.74, 6) is 1.22. The molecule has 0 spiro atoms. The van der Waals surface area contributed by atoms with Gasteiger partial charge in [-0.05, 0) is 12.5 Å². The summed E-state index contributed by atoms with van der Waals surface area (Å²) in [4.78, 5) is 13.7. The van der Waals surface area contributed by atoms with Gasteiger partial charge in [-0.2, -0.15) is 0 Å². The molecule has 5 nitrogen and oxygen atoms in total. The van der Waals surface area contributed by atoms with Crippen LogP contribution in [0.15, 0.2) is 30.3 Å². The summed E-state index contributed by atoms with van der Waals surface area (Å²) in [5, 5.41) is 16.2. The van der Waals surface area contributed by atoms with Crippen LogP contribution < -0.4 is 0 Å². The predicted molar refractivity (Wildman–Crippen MR) is 97.9 cm³/mol. The normalized spacial score (nSPS) is 16.0. The second-order valence-electron chi connectivity index (χ2n) is 6.76. The van der Waals surface area contributed by atoms with E-state index in [1.807, 2.05) is 30.3 Å². The second-order valence-corrected chi connectivity index (χ2v) is 6.76. The van der Waals surface area contributed by atoms with Gasteiger partial charge < -0.3 is 9.64 Å². The maximum atomic E-state index is 11.9. The fourth-order valence-corrected chi connectivity index (χ4v) is 3.02. The molecule has 1 saturated heterocycles. The highest BCUT2D eigenvalue weighted by atomic mass is 16.5. The van der Waals surface area contributed by atoms with E-state index < -0.39 is 0 Å². The Kier molecular flexibility index (Phi) is 6.18. The molecule has 0 bridgehead atoms. The van der Waals surface area contributed by atoms with Crippen LogP contribution in [-0.4, -0.2) is 35.2 Å². The molecule has 128 valence electrons. The molecule has 1 aliphatic heterocycles. The van der Waals surface area contributed by atoms with Crippen molar-refractivity contribution in [2.24, 2.45) is 0 Å². The topological polar surface area (TPSA) is 77.2 Å². The number of hydrogen-bond acceptors (Lipinski definition) is 4. The number of carbonyl (C=O) groups excluding carboxylic acids is 1. The molecule has 1 aromatic rings. The molecule has 2 N–H and O–H groups in total. The molecule has 1 fully saturated rings. The Labute approximate surface area is 144 Å². The minimum atomic E-state index is -0.303. The molecule has 24 heavy (non-hydrogen) atoms. The molecular weight excluding hydrogens is 301 g/mol. The summed E-state index contributed by atoms with van der Waals surface area (Å²) in [6.07, 6.45) is 1.51. The van der Waals surface area contributed by atoms with Gasteiger partial charge in [0.05, 0.1) is 12.3 Å². The third-order valence-electron chi connectivity index (χ3n) is 4.45. The highest BCUT2D eigenvalue weighted by Crippen LogP contribution is 2.36. The van der Waals surface area contributed by atoms with E-state index in [1.54, 1.807) is 11.8 Å². The van der Waals surface area contributed by atoms with Crippen LogP contribution >= 0.6 is 0 Å². The van der Waals surface area contributed by atoms with E-state index in [2.05, 4.69) is 13.8 Å². The van der Waals surface area contributed by atoms with Crippen molar-refractivity contribution in [3.05, 3.63) is 35.9 Å². The summed E-state index contributed by atoms with van der Waals surface area (Å²) >= 11 is 0. The van der Waals surface area contributed by atoms with Gasteiger partial charge in [-0.25, -0.2) is 0 Å². The molecule has 0 amide bonds. The third-order valence-corrected chi connectivity index (χ3v) is 4.45. The maximum Gasteiger partial charge on any atom is 0.306 e. The average molecular weight is 327 g/mol. The highest BCUT2D eigenvalue weighted by Gasteiger charge is 2.48. The Bertz CT molecular complexity index is 604. The molecule has 6 heteroatoms. The van der Waals surface area contributed by atoms with Crippen molar-refractivity contribution >= 4 is 24.4 Å². The number of ether oxygens (including phenoxy) is 1. The Hall–Kier alpha value is -2.11. The minimum Gasteiger partial charge on any atom is -0.461 e. The Morgan fingerprint density at radius 1 is 1.29 bits per heavy atom. The molecule has 0 aliphatic carbocycles. The lowest BCUT2D eigenvalue weighted by atomic mass is 9.58. The molecule has 1 aliphatic rings. The van der Waals surface area contributed by atoms with E-state index in [9.17, 15) is 4.79 Å². The monoisotopic (exact) mass is 327 g/mol. The number of nitrogens with zero attached hydrogens (tertiary/aromatic N) is 1. The molecule has 0 aromatic heterocycles. The van der Waals surface area contributed by atoms with Crippen molar-refractivity contribution in [2.75, 3.05) is 0 Å². The van der Waals surface area contributed by atoms with E-state index in [4.69, 9.17) is 15.6 Å². The molecule has 1 unspecified atom stereocenters. The molecule has 1 aromatic carbocycles. The maximum absolute atomic E-state index is 11.9. The lowest BCUT2D eigenvalue weighted by molar-refractivity contribution is -0.144. The Morgan fingerprint density at radius 3 is 2.50 bits per heavy atom. The fraction of sp³-hybridized carbons (Fsp3) is 0.500. The first kappa shape index (κ1) is 18.2. The zero-order chi connectivity index (χ0) is 17.7. The first-order valence-electron chi connectivity index (χ1n) is 8.51. The number of esters is 1. The van der Waals surface area contributed by atoms with Crippen LogP contribution in [-0.2, 0) is 16.1 Å². The van der Waals surface area contributed by atoms with Crippen molar-refractivity contribution < 1.29 is 9.53 Å². The second kappa shape index (κ2) is 8.13. The zero-order valence-electron chi connectivity index (χ0n) is 14.7. The van der Waals surface area contributed by atoms with Crippen LogP contribution in [0.2, 0.25) is 12.1 Å². The molecule has 0 radical (unpaired) electrons. The molecule has 2 rings (SSSR count). The largest absolute Gasteiger partial charge is 0.461 e. The number of rotatable bonds is 7. The van der Waals surface area contributed by atoms with Crippen molar-refractivity contribution in [2.45, 2.75) is 58.3 Å². The smallest absolute Gasteiger partial charge is 0.306 e. The number of nitrogens with one attached hydrogen (secondary N) is 2. The van der Waals surface area contributed by atoms with Gasteiger partial charge in [-0.15, -0.1) is 0 Å². The van der Waals surface area contributed by atoms with E-state index in [0.717, 1.165) is 11.9 Å². The van der Waals surface area contributed by atoms with Crippen molar-refractivity contribution in [1.82, 2.24) is 4.90 Å². The van der Waals surface area contributed by atoms with E-state index >= 15 is 0 Å². The van der Waals surface area contributed by atoms with E-state index in [0.29, 0.717) is 30.6 Å². The SMILES string of the molecule is CC(=N)N(C(=N)CCC(=O)OCc1ccccc1)C1CB1C(C)C. The van der Waals surface area contributed by atoms with Gasteiger partial charge in [0.25, 0.3) is 0 Å². The van der Waals surface area contributed by atoms with Gasteiger partial charge in [-0.1, -0.05) is 56.3 Å². The van der Waals surface area contributed by atoms with E-state index in [-0.39, 0.29) is 24.9 Å². The number of amidine groups is 2. The van der Waals surface area contributed by atoms with Crippen LogP contribution in [0.5, 0.6) is 0 Å². The lowest BCUT2D eigenvalue weighted by Gasteiger charge is -2.25. The number of carbonyl (C=O) groups is 1. The standard InChI is InChI=1S/C18H26BN3O2/c1-13(2)19-11-16(19)22(14(3)20)17(21)9-10-18(23)24-12-15-7-5-4-6-8-15/h4-8,13,16,20-21H,9-12H2,1-3H3. The van der Waals surface area contributed by atoms with Crippen LogP contribution in [0.3, 0.4) is 0 Å². The van der Waals surface area contributed by atoms with Gasteiger partial charge >= 0.3 is 5.97 Å². The lowest BCUT2D eigenvalue weighted by Crippen LogP contribution is -2.39. The average Bonchev–Trinajstić information content (AvgIpc) is 3.32. The summed E-state index contributed by atoms with van der Waals surface area (Å²) in [5.41, 5.74) is 0.954. The summed E-state index contributed by atoms with van der Waals surface area (Å²) in [6.45, 7) is 6.85. The Morgan fingerprint density at radius 2 is 1.96 bits per heavy atom. The van der Waals surface area contributed by atoms with Crippen molar-refractivity contribution in [3.8, 4) is 0 Å². The van der Waals surface area contributed by atoms with Gasteiger partial charge in [0.2, 0.25) is 0 Å². The molecular formula is C18H26BN3O2. The van der Waals surface area contributed by atoms with Crippen molar-refractivity contribution in [3.63, 3.8) is 0 Å². The molecule has 1 heterocycles. The van der Waals surface area contributed by atoms with Gasteiger partial charge in [0.15, 0.2) is 6.71 Å². The highest BCUT2D eigenvalue weighted by molar-refractivity contribution is 6.73. The summed E-state index contributed by atoms with van der Waals surface area (Å²) in [6, 6.07) is 9.56. The number of hydrogen-bond donors (Lipinski definition) is 2. The van der Waals surface area contributed by atoms with Crippen LogP contribution in [0.25, 0.3) is 0 Å². The molecule has 0 saturated carbocycles. The van der Waals surface area contributed by atoms with Gasteiger partial charge in [0, 0.05) is 12.4 Å². The predicted octanol–water partition coefficient (Wildman–Crippen LogP) is 3.61. The number of benzene rings is 1. The summed E-state index contributed by atoms with van der Waals surface area (Å²) < 4.78 is 5.25. The van der Waals surface area contributed by atoms with Gasteiger partial charge in [-0.3, -0.25) is 15.6 Å². The van der Waals surface area contributed by atoms with Crippen LogP contribution in [0, 0.1) is 10.8 Å². The first-order valence-corrected chi connectivity index (χ1v) is 8.51. The zero-order valence-corrected chi connectivity index (χ0v) is 14.7. The van der Waals surface area contributed by atoms with E-state index in [1.165, 1.54) is 0 Å². The minimum absolute atomic E-state index is 0.175. The van der Waals surface area contributed by atoms with Crippen LogP contribution in [0.1, 0.15) is 39.2 Å². The third kappa shape index (κ3) is 4.95. The summed E-state index contributed by atoms with van der Waals surface area (Å²) in [7, 11) is 0.